The number of rotatable bonds is 9. The van der Waals surface area contributed by atoms with Crippen LogP contribution in [-0.4, -0.2) is 41.8 Å². The molecule has 0 aromatic rings. The first-order valence-corrected chi connectivity index (χ1v) is 15.6. The van der Waals surface area contributed by atoms with Crippen molar-refractivity contribution >= 4 is 41.8 Å². The van der Waals surface area contributed by atoms with E-state index in [0.29, 0.717) is 7.66 Å². The van der Waals surface area contributed by atoms with E-state index in [1.165, 1.54) is 0 Å². The maximum absolute atomic E-state index is 11.8. The first kappa shape index (κ1) is 16.9. The molecule has 0 fully saturated rings. The second-order valence-corrected chi connectivity index (χ2v) is 13.8. The van der Waals surface area contributed by atoms with E-state index < -0.39 is 34.1 Å². The zero-order valence-electron chi connectivity index (χ0n) is 10.6. The number of carbonyl (C=O) groups is 2. The second-order valence-electron chi connectivity index (χ2n) is 4.18. The van der Waals surface area contributed by atoms with Gasteiger partial charge >= 0.3 is 117 Å². The summed E-state index contributed by atoms with van der Waals surface area (Å²) in [6.07, 6.45) is 4.13. The summed E-state index contributed by atoms with van der Waals surface area (Å²) in [6.45, 7) is 8.25. The molecule has 0 amide bonds. The van der Waals surface area contributed by atoms with E-state index in [1.807, 2.05) is 13.8 Å². The third kappa shape index (κ3) is 7.29. The van der Waals surface area contributed by atoms with Crippen molar-refractivity contribution < 1.29 is 9.59 Å². The van der Waals surface area contributed by atoms with Crippen molar-refractivity contribution in [1.82, 2.24) is 0 Å². The van der Waals surface area contributed by atoms with E-state index in [2.05, 4.69) is 13.8 Å². The van der Waals surface area contributed by atoms with Gasteiger partial charge in [-0.2, -0.15) is 0 Å². The summed E-state index contributed by atoms with van der Waals surface area (Å²) in [5.41, 5.74) is 0. The van der Waals surface area contributed by atoms with Crippen LogP contribution < -0.4 is 0 Å². The molecule has 0 aliphatic heterocycles. The summed E-state index contributed by atoms with van der Waals surface area (Å²) < 4.78 is 0.874. The summed E-state index contributed by atoms with van der Waals surface area (Å²) in [4.78, 5) is 23.5. The first-order chi connectivity index (χ1) is 7.52. The topological polar surface area (TPSA) is 34.1 Å². The molecule has 0 aliphatic rings. The molecule has 2 atom stereocenters. The van der Waals surface area contributed by atoms with Gasteiger partial charge in [0.2, 0.25) is 0 Å². The van der Waals surface area contributed by atoms with Crippen LogP contribution in [0.15, 0.2) is 0 Å². The van der Waals surface area contributed by atoms with E-state index in [9.17, 15) is 9.59 Å². The Hall–Kier alpha value is 0.919. The fourth-order valence-corrected chi connectivity index (χ4v) is 12.9. The normalized spacial score (nSPS) is 14.5. The Kier molecular flexibility index (Phi) is 10.5. The van der Waals surface area contributed by atoms with Crippen LogP contribution in [0.5, 0.6) is 0 Å². The monoisotopic (exact) mass is 458 g/mol. The van der Waals surface area contributed by atoms with Gasteiger partial charge in [-0.1, -0.05) is 0 Å². The van der Waals surface area contributed by atoms with Gasteiger partial charge in [0.1, 0.15) is 0 Å². The maximum atomic E-state index is 11.8. The summed E-state index contributed by atoms with van der Waals surface area (Å²) in [7, 11) is 0. The molecule has 0 rings (SSSR count). The Morgan fingerprint density at radius 1 is 0.875 bits per heavy atom. The van der Waals surface area contributed by atoms with Gasteiger partial charge < -0.3 is 0 Å². The van der Waals surface area contributed by atoms with Crippen molar-refractivity contribution in [1.29, 1.82) is 0 Å². The van der Waals surface area contributed by atoms with Crippen molar-refractivity contribution in [3.05, 3.63) is 0 Å². The third-order valence-corrected chi connectivity index (χ3v) is 13.8. The minimum atomic E-state index is -0.617. The summed E-state index contributed by atoms with van der Waals surface area (Å²) in [5, 5.41) is 0. The van der Waals surface area contributed by atoms with Crippen molar-refractivity contribution in [2.45, 2.75) is 53.4 Å². The van der Waals surface area contributed by atoms with Gasteiger partial charge in [-0.15, -0.1) is 0 Å². The van der Waals surface area contributed by atoms with Crippen LogP contribution in [0.2, 0.25) is 0 Å². The zero-order chi connectivity index (χ0) is 12.6. The third-order valence-electron chi connectivity index (χ3n) is 2.45. The van der Waals surface area contributed by atoms with Gasteiger partial charge in [-0.25, -0.2) is 0 Å². The Bertz CT molecular complexity index is 205. The fourth-order valence-electron chi connectivity index (χ4n) is 1.35. The molecule has 0 aromatic carbocycles. The van der Waals surface area contributed by atoms with Crippen LogP contribution in [0.4, 0.5) is 0 Å². The van der Waals surface area contributed by atoms with Crippen LogP contribution in [0.25, 0.3) is 0 Å². The minimum absolute atomic E-state index is 0.215. The summed E-state index contributed by atoms with van der Waals surface area (Å²) >= 11 is -1.23. The van der Waals surface area contributed by atoms with Crippen LogP contribution in [0.3, 0.4) is 0 Å². The van der Waals surface area contributed by atoms with E-state index in [4.69, 9.17) is 0 Å². The molecule has 0 radical (unpaired) electrons. The van der Waals surface area contributed by atoms with Crippen LogP contribution in [-0.2, 0) is 9.59 Å². The van der Waals surface area contributed by atoms with Gasteiger partial charge in [0.15, 0.2) is 0 Å². The van der Waals surface area contributed by atoms with Crippen LogP contribution in [0, 0.1) is 11.8 Å². The summed E-state index contributed by atoms with van der Waals surface area (Å²) in [6, 6.07) is 0. The van der Waals surface area contributed by atoms with Gasteiger partial charge in [0, 0.05) is 0 Å². The Morgan fingerprint density at radius 3 is 1.44 bits per heavy atom. The van der Waals surface area contributed by atoms with Gasteiger partial charge in [0.05, 0.1) is 0 Å². The molecule has 0 N–H and O–H groups in total. The Balaban J connectivity index is 3.87. The second kappa shape index (κ2) is 9.90. The molecule has 0 aliphatic carbocycles. The van der Waals surface area contributed by atoms with Crippen LogP contribution >= 0.6 is 0 Å². The molecule has 16 heavy (non-hydrogen) atoms. The molecule has 2 unspecified atom stereocenters. The predicted octanol–water partition coefficient (Wildman–Crippen LogP) is 2.24. The molecule has 4 heteroatoms. The molecule has 0 aromatic heterocycles. The molecule has 2 nitrogen and oxygen atoms in total. The van der Waals surface area contributed by atoms with E-state index in [0.717, 1.165) is 25.7 Å². The molecule has 0 saturated carbocycles. The van der Waals surface area contributed by atoms with E-state index in [-0.39, 0.29) is 11.8 Å². The predicted molar refractivity (Wildman–Crippen MR) is 69.7 cm³/mol. The van der Waals surface area contributed by atoms with Gasteiger partial charge in [-0.3, -0.25) is 0 Å². The Labute approximate surface area is 116 Å². The molecular formula is C12H22O2Te2. The fraction of sp³-hybridized carbons (Fsp3) is 0.833. The van der Waals surface area contributed by atoms with Crippen molar-refractivity contribution in [2.24, 2.45) is 11.8 Å². The number of carbonyl (C=O) groups excluding carboxylic acids is 2. The molecule has 94 valence electrons. The molecular weight excluding hydrogens is 431 g/mol. The van der Waals surface area contributed by atoms with E-state index >= 15 is 0 Å². The Morgan fingerprint density at radius 2 is 1.19 bits per heavy atom. The number of hydrogen-bond donors (Lipinski definition) is 0. The zero-order valence-corrected chi connectivity index (χ0v) is 15.3. The molecule has 0 spiro atoms. The van der Waals surface area contributed by atoms with Gasteiger partial charge in [0.25, 0.3) is 0 Å². The summed E-state index contributed by atoms with van der Waals surface area (Å²) in [5.74, 6) is 0.429. The first-order valence-electron chi connectivity index (χ1n) is 5.95. The van der Waals surface area contributed by atoms with Crippen molar-refractivity contribution in [2.75, 3.05) is 0 Å². The van der Waals surface area contributed by atoms with Crippen molar-refractivity contribution in [3.8, 4) is 0 Å². The average Bonchev–Trinajstić information content (AvgIpc) is 2.25. The standard InChI is InChI=1S/C12H22O2Te2/c1-5-7-9(3)11(13)15-16-12(14)10(4)8-6-2/h9-10H,5-8H2,1-4H3. The van der Waals surface area contributed by atoms with Gasteiger partial charge in [-0.05, 0) is 0 Å². The molecule has 0 heterocycles. The van der Waals surface area contributed by atoms with Crippen LogP contribution in [0.1, 0.15) is 53.4 Å². The molecule has 0 saturated heterocycles. The quantitative estimate of drug-likeness (QED) is 0.502. The SMILES string of the molecule is CCCC(C)C(=O)[Te][Te]C(=O)C(C)CCC. The van der Waals surface area contributed by atoms with Crippen molar-refractivity contribution in [3.63, 3.8) is 0 Å². The van der Waals surface area contributed by atoms with E-state index in [1.54, 1.807) is 0 Å². The average molecular weight is 454 g/mol. The molecule has 0 bridgehead atoms. The number of hydrogen-bond acceptors (Lipinski definition) is 2.